The van der Waals surface area contributed by atoms with Crippen molar-refractivity contribution in [2.24, 2.45) is 0 Å². The molecule has 1 rings (SSSR count). The minimum Gasteiger partial charge on any atom is -0.391 e. The maximum absolute atomic E-state index is 11.8. The number of aliphatic hydroxyl groups is 1. The van der Waals surface area contributed by atoms with Gasteiger partial charge < -0.3 is 15.2 Å². The summed E-state index contributed by atoms with van der Waals surface area (Å²) in [4.78, 5) is 11.8. The second-order valence-corrected chi connectivity index (χ2v) is 4.97. The molecule has 1 unspecified atom stereocenters. The number of carbonyl (C=O) groups is 1. The maximum Gasteiger partial charge on any atom is 0.251 e. The van der Waals surface area contributed by atoms with Crippen molar-refractivity contribution >= 4 is 21.8 Å². The number of hydrogen-bond acceptors (Lipinski definition) is 3. The topological polar surface area (TPSA) is 58.6 Å². The Hall–Kier alpha value is -0.910. The van der Waals surface area contributed by atoms with Gasteiger partial charge in [-0.2, -0.15) is 0 Å². The van der Waals surface area contributed by atoms with Gasteiger partial charge in [0.15, 0.2) is 0 Å². The lowest BCUT2D eigenvalue weighted by Crippen LogP contribution is -2.28. The van der Waals surface area contributed by atoms with E-state index in [1.165, 1.54) is 7.11 Å². The third-order valence-corrected chi connectivity index (χ3v) is 3.41. The number of hydrogen-bond donors (Lipinski definition) is 2. The van der Waals surface area contributed by atoms with Crippen LogP contribution in [-0.2, 0) is 4.74 Å². The number of rotatable bonds is 6. The first-order valence-corrected chi connectivity index (χ1v) is 6.55. The van der Waals surface area contributed by atoms with Crippen LogP contribution in [0.15, 0.2) is 22.7 Å². The van der Waals surface area contributed by atoms with Gasteiger partial charge in [-0.05, 0) is 31.0 Å². The first-order valence-electron chi connectivity index (χ1n) is 5.76. The molecule has 0 aliphatic heterocycles. The van der Waals surface area contributed by atoms with Gasteiger partial charge in [0, 0.05) is 23.7 Å². The van der Waals surface area contributed by atoms with Gasteiger partial charge in [0.25, 0.3) is 5.91 Å². The maximum atomic E-state index is 11.8. The fourth-order valence-electron chi connectivity index (χ4n) is 1.46. The SMILES string of the molecule is COCC(O)CCNC(=O)c1ccc(C)c(Br)c1. The van der Waals surface area contributed by atoms with Crippen molar-refractivity contribution in [2.45, 2.75) is 19.4 Å². The number of methoxy groups -OCH3 is 1. The lowest BCUT2D eigenvalue weighted by atomic mass is 10.1. The van der Waals surface area contributed by atoms with Gasteiger partial charge in [-0.25, -0.2) is 0 Å². The van der Waals surface area contributed by atoms with Crippen molar-refractivity contribution in [1.29, 1.82) is 0 Å². The van der Waals surface area contributed by atoms with Crippen molar-refractivity contribution in [1.82, 2.24) is 5.32 Å². The zero-order chi connectivity index (χ0) is 13.5. The number of benzene rings is 1. The van der Waals surface area contributed by atoms with Crippen molar-refractivity contribution in [3.63, 3.8) is 0 Å². The average molecular weight is 316 g/mol. The van der Waals surface area contributed by atoms with Crippen molar-refractivity contribution in [3.8, 4) is 0 Å². The van der Waals surface area contributed by atoms with Gasteiger partial charge >= 0.3 is 0 Å². The molecule has 1 atom stereocenters. The van der Waals surface area contributed by atoms with Crippen LogP contribution in [0.2, 0.25) is 0 Å². The Morgan fingerprint density at radius 3 is 2.89 bits per heavy atom. The van der Waals surface area contributed by atoms with Crippen LogP contribution in [0.25, 0.3) is 0 Å². The van der Waals surface area contributed by atoms with Crippen LogP contribution >= 0.6 is 15.9 Å². The van der Waals surface area contributed by atoms with E-state index in [4.69, 9.17) is 4.74 Å². The van der Waals surface area contributed by atoms with Crippen LogP contribution < -0.4 is 5.32 Å². The summed E-state index contributed by atoms with van der Waals surface area (Å²) in [5, 5.41) is 12.2. The highest BCUT2D eigenvalue weighted by Gasteiger charge is 2.08. The summed E-state index contributed by atoms with van der Waals surface area (Å²) in [5.41, 5.74) is 1.69. The third kappa shape index (κ3) is 4.76. The summed E-state index contributed by atoms with van der Waals surface area (Å²) >= 11 is 3.39. The smallest absolute Gasteiger partial charge is 0.251 e. The fourth-order valence-corrected chi connectivity index (χ4v) is 1.84. The highest BCUT2D eigenvalue weighted by atomic mass is 79.9. The first kappa shape index (κ1) is 15.1. The molecule has 0 aliphatic rings. The van der Waals surface area contributed by atoms with Gasteiger partial charge in [-0.1, -0.05) is 22.0 Å². The van der Waals surface area contributed by atoms with Crippen LogP contribution in [0.3, 0.4) is 0 Å². The molecular formula is C13H18BrNO3. The number of halogens is 1. The average Bonchev–Trinajstić information content (AvgIpc) is 2.33. The summed E-state index contributed by atoms with van der Waals surface area (Å²) in [5.74, 6) is -0.139. The van der Waals surface area contributed by atoms with Gasteiger partial charge in [0.05, 0.1) is 12.7 Å². The minimum absolute atomic E-state index is 0.139. The van der Waals surface area contributed by atoms with Crippen LogP contribution in [0.4, 0.5) is 0 Å². The highest BCUT2D eigenvalue weighted by Crippen LogP contribution is 2.17. The second-order valence-electron chi connectivity index (χ2n) is 4.12. The van der Waals surface area contributed by atoms with E-state index in [0.29, 0.717) is 18.5 Å². The molecule has 0 bridgehead atoms. The van der Waals surface area contributed by atoms with E-state index in [0.717, 1.165) is 10.0 Å². The number of carbonyl (C=O) groups excluding carboxylic acids is 1. The normalized spacial score (nSPS) is 12.2. The monoisotopic (exact) mass is 315 g/mol. The molecule has 18 heavy (non-hydrogen) atoms. The molecule has 0 spiro atoms. The quantitative estimate of drug-likeness (QED) is 0.842. The van der Waals surface area contributed by atoms with E-state index in [9.17, 15) is 9.90 Å². The van der Waals surface area contributed by atoms with E-state index in [1.54, 1.807) is 12.1 Å². The first-order chi connectivity index (χ1) is 8.54. The minimum atomic E-state index is -0.542. The van der Waals surface area contributed by atoms with E-state index in [-0.39, 0.29) is 12.5 Å². The van der Waals surface area contributed by atoms with Gasteiger partial charge in [-0.15, -0.1) is 0 Å². The van der Waals surface area contributed by atoms with Crippen molar-refractivity contribution < 1.29 is 14.6 Å². The van der Waals surface area contributed by atoms with Gasteiger partial charge in [-0.3, -0.25) is 4.79 Å². The molecule has 2 N–H and O–H groups in total. The Bertz CT molecular complexity index is 409. The Morgan fingerprint density at radius 1 is 1.56 bits per heavy atom. The summed E-state index contributed by atoms with van der Waals surface area (Å²) in [6.07, 6.45) is -0.0628. The standard InChI is InChI=1S/C13H18BrNO3/c1-9-3-4-10(7-12(9)14)13(17)15-6-5-11(16)8-18-2/h3-4,7,11,16H,5-6,8H2,1-2H3,(H,15,17). The van der Waals surface area contributed by atoms with Crippen molar-refractivity contribution in [3.05, 3.63) is 33.8 Å². The van der Waals surface area contributed by atoms with E-state index < -0.39 is 6.10 Å². The summed E-state index contributed by atoms with van der Waals surface area (Å²) in [7, 11) is 1.53. The summed E-state index contributed by atoms with van der Waals surface area (Å²) in [6.45, 7) is 2.67. The molecular weight excluding hydrogens is 298 g/mol. The molecule has 5 heteroatoms. The molecule has 0 saturated carbocycles. The molecule has 1 aromatic carbocycles. The number of aliphatic hydroxyl groups excluding tert-OH is 1. The molecule has 1 aromatic rings. The summed E-state index contributed by atoms with van der Waals surface area (Å²) in [6, 6.07) is 5.45. The molecule has 0 radical (unpaired) electrons. The predicted octanol–water partition coefficient (Wildman–Crippen LogP) is 1.88. The Labute approximate surface area is 115 Å². The number of aryl methyl sites for hydroxylation is 1. The van der Waals surface area contributed by atoms with Crippen LogP contribution in [0.1, 0.15) is 22.3 Å². The van der Waals surface area contributed by atoms with Gasteiger partial charge in [0.1, 0.15) is 0 Å². The Morgan fingerprint density at radius 2 is 2.28 bits per heavy atom. The van der Waals surface area contributed by atoms with Crippen LogP contribution in [-0.4, -0.2) is 37.4 Å². The Balaban J connectivity index is 2.43. The van der Waals surface area contributed by atoms with Crippen LogP contribution in [0.5, 0.6) is 0 Å². The van der Waals surface area contributed by atoms with Gasteiger partial charge in [0.2, 0.25) is 0 Å². The molecule has 0 aliphatic carbocycles. The van der Waals surface area contributed by atoms with E-state index in [2.05, 4.69) is 21.2 Å². The van der Waals surface area contributed by atoms with E-state index >= 15 is 0 Å². The van der Waals surface area contributed by atoms with Crippen LogP contribution in [0, 0.1) is 6.92 Å². The molecule has 0 heterocycles. The molecule has 4 nitrogen and oxygen atoms in total. The number of nitrogens with one attached hydrogen (secondary N) is 1. The fraction of sp³-hybridized carbons (Fsp3) is 0.462. The zero-order valence-corrected chi connectivity index (χ0v) is 12.2. The predicted molar refractivity (Wildman–Crippen MR) is 73.7 cm³/mol. The molecule has 0 aromatic heterocycles. The zero-order valence-electron chi connectivity index (χ0n) is 10.6. The lowest BCUT2D eigenvalue weighted by molar-refractivity contribution is 0.0587. The van der Waals surface area contributed by atoms with Crippen molar-refractivity contribution in [2.75, 3.05) is 20.3 Å². The summed E-state index contributed by atoms with van der Waals surface area (Å²) < 4.78 is 5.72. The largest absolute Gasteiger partial charge is 0.391 e. The van der Waals surface area contributed by atoms with E-state index in [1.807, 2.05) is 13.0 Å². The third-order valence-electron chi connectivity index (χ3n) is 2.56. The molecule has 0 fully saturated rings. The lowest BCUT2D eigenvalue weighted by Gasteiger charge is -2.10. The molecule has 0 saturated heterocycles. The molecule has 1 amide bonds. The Kier molecular flexibility index (Phi) is 6.32. The highest BCUT2D eigenvalue weighted by molar-refractivity contribution is 9.10. The molecule has 100 valence electrons. The second kappa shape index (κ2) is 7.51. The number of amides is 1. The number of ether oxygens (including phenoxy) is 1.